The second-order valence-corrected chi connectivity index (χ2v) is 6.88. The van der Waals surface area contributed by atoms with Crippen molar-refractivity contribution < 1.29 is 4.79 Å². The number of nitrogens with zero attached hydrogens (tertiary/aromatic N) is 4. The first kappa shape index (κ1) is 16.3. The summed E-state index contributed by atoms with van der Waals surface area (Å²) in [4.78, 5) is 17.3. The molecule has 0 bridgehead atoms. The molecule has 6 nitrogen and oxygen atoms in total. The number of rotatable bonds is 4. The number of carbonyl (C=O) groups is 1. The molecule has 1 aromatic carbocycles. The van der Waals surface area contributed by atoms with Crippen molar-refractivity contribution in [2.75, 3.05) is 39.3 Å². The summed E-state index contributed by atoms with van der Waals surface area (Å²) in [5, 5.41) is 7.61. The lowest BCUT2D eigenvalue weighted by Gasteiger charge is -2.32. The molecule has 2 aromatic rings. The first-order valence-electron chi connectivity index (χ1n) is 9.10. The number of carbonyl (C=O) groups excluding carboxylic acids is 1. The minimum atomic E-state index is 0.156. The van der Waals surface area contributed by atoms with Gasteiger partial charge in [0.05, 0.1) is 6.54 Å². The Balaban J connectivity index is 1.36. The van der Waals surface area contributed by atoms with Crippen molar-refractivity contribution in [1.29, 1.82) is 0 Å². The summed E-state index contributed by atoms with van der Waals surface area (Å²) in [6, 6.07) is 10.4. The highest BCUT2D eigenvalue weighted by atomic mass is 16.2. The topological polar surface area (TPSA) is 53.4 Å². The van der Waals surface area contributed by atoms with Gasteiger partial charge in [-0.05, 0) is 30.2 Å². The number of nitrogens with one attached hydrogen (secondary N) is 1. The number of amides is 1. The van der Waals surface area contributed by atoms with Gasteiger partial charge >= 0.3 is 0 Å². The Hall–Kier alpha value is -2.18. The molecule has 1 aromatic heterocycles. The van der Waals surface area contributed by atoms with Crippen molar-refractivity contribution in [2.24, 2.45) is 0 Å². The van der Waals surface area contributed by atoms with E-state index in [1.165, 1.54) is 0 Å². The van der Waals surface area contributed by atoms with Crippen LogP contribution in [-0.2, 0) is 6.54 Å². The van der Waals surface area contributed by atoms with Gasteiger partial charge in [0.15, 0.2) is 0 Å². The number of piperazine rings is 1. The van der Waals surface area contributed by atoms with E-state index in [0.717, 1.165) is 63.4 Å². The van der Waals surface area contributed by atoms with E-state index in [1.54, 1.807) is 6.20 Å². The van der Waals surface area contributed by atoms with Crippen molar-refractivity contribution in [1.82, 2.24) is 24.9 Å². The smallest absolute Gasteiger partial charge is 0.253 e. The van der Waals surface area contributed by atoms with Gasteiger partial charge in [-0.3, -0.25) is 14.4 Å². The molecule has 2 fully saturated rings. The molecule has 1 unspecified atom stereocenters. The monoisotopic (exact) mass is 339 g/mol. The van der Waals surface area contributed by atoms with Crippen LogP contribution < -0.4 is 5.32 Å². The summed E-state index contributed by atoms with van der Waals surface area (Å²) >= 11 is 0. The summed E-state index contributed by atoms with van der Waals surface area (Å²) in [7, 11) is 0. The predicted molar refractivity (Wildman–Crippen MR) is 96.5 cm³/mol. The van der Waals surface area contributed by atoms with Crippen LogP contribution in [0.3, 0.4) is 0 Å². The van der Waals surface area contributed by atoms with E-state index in [-0.39, 0.29) is 5.91 Å². The lowest BCUT2D eigenvalue weighted by atomic mass is 10.1. The Morgan fingerprint density at radius 3 is 2.68 bits per heavy atom. The summed E-state index contributed by atoms with van der Waals surface area (Å²) in [6.07, 6.45) is 4.81. The van der Waals surface area contributed by atoms with Crippen LogP contribution in [0, 0.1) is 0 Å². The molecule has 25 heavy (non-hydrogen) atoms. The lowest BCUT2D eigenvalue weighted by molar-refractivity contribution is 0.0773. The Kier molecular flexibility index (Phi) is 4.81. The van der Waals surface area contributed by atoms with Gasteiger partial charge < -0.3 is 10.2 Å². The molecule has 2 aliphatic heterocycles. The van der Waals surface area contributed by atoms with Crippen molar-refractivity contribution in [3.63, 3.8) is 0 Å². The third-order valence-electron chi connectivity index (χ3n) is 5.22. The van der Waals surface area contributed by atoms with E-state index in [9.17, 15) is 4.79 Å². The first-order valence-corrected chi connectivity index (χ1v) is 9.10. The third-order valence-corrected chi connectivity index (χ3v) is 5.22. The maximum Gasteiger partial charge on any atom is 0.253 e. The van der Waals surface area contributed by atoms with Crippen LogP contribution in [0.2, 0.25) is 0 Å². The third kappa shape index (κ3) is 3.75. The molecule has 4 rings (SSSR count). The summed E-state index contributed by atoms with van der Waals surface area (Å²) < 4.78 is 1.88. The standard InChI is InChI=1S/C19H25N5O/c25-19(23-11-6-18(15-23)22-12-8-20-9-13-22)17-4-2-16(3-5-17)14-24-10-1-7-21-24/h1-5,7,10,18,20H,6,8-9,11-15H2. The SMILES string of the molecule is O=C(c1ccc(Cn2cccn2)cc1)N1CCC(N2CCNCC2)C1. The highest BCUT2D eigenvalue weighted by molar-refractivity contribution is 5.94. The van der Waals surface area contributed by atoms with Crippen molar-refractivity contribution in [3.8, 4) is 0 Å². The fourth-order valence-corrected chi connectivity index (χ4v) is 3.79. The molecule has 1 atom stereocenters. The van der Waals surface area contributed by atoms with Gasteiger partial charge in [0.1, 0.15) is 0 Å². The van der Waals surface area contributed by atoms with Crippen LogP contribution in [0.1, 0.15) is 22.3 Å². The van der Waals surface area contributed by atoms with Gasteiger partial charge in [-0.1, -0.05) is 12.1 Å². The minimum absolute atomic E-state index is 0.156. The molecule has 0 aliphatic carbocycles. The molecule has 1 N–H and O–H groups in total. The maximum absolute atomic E-state index is 12.8. The van der Waals surface area contributed by atoms with Crippen LogP contribution in [0.4, 0.5) is 0 Å². The van der Waals surface area contributed by atoms with Crippen LogP contribution >= 0.6 is 0 Å². The van der Waals surface area contributed by atoms with Gasteiger partial charge in [-0.2, -0.15) is 5.10 Å². The fraction of sp³-hybridized carbons (Fsp3) is 0.474. The first-order chi connectivity index (χ1) is 12.3. The maximum atomic E-state index is 12.8. The van der Waals surface area contributed by atoms with E-state index in [2.05, 4.69) is 15.3 Å². The van der Waals surface area contributed by atoms with E-state index in [4.69, 9.17) is 0 Å². The number of hydrogen-bond acceptors (Lipinski definition) is 4. The van der Waals surface area contributed by atoms with Crippen LogP contribution in [0.25, 0.3) is 0 Å². The largest absolute Gasteiger partial charge is 0.337 e. The van der Waals surface area contributed by atoms with Gasteiger partial charge in [0, 0.05) is 63.3 Å². The zero-order valence-corrected chi connectivity index (χ0v) is 14.5. The number of aromatic nitrogens is 2. The molecule has 132 valence electrons. The molecule has 0 spiro atoms. The highest BCUT2D eigenvalue weighted by Crippen LogP contribution is 2.19. The Bertz CT molecular complexity index is 691. The average molecular weight is 339 g/mol. The van der Waals surface area contributed by atoms with Crippen molar-refractivity contribution in [2.45, 2.75) is 19.0 Å². The Labute approximate surface area is 148 Å². The molecular formula is C19H25N5O. The lowest BCUT2D eigenvalue weighted by Crippen LogP contribution is -2.49. The average Bonchev–Trinajstić information content (AvgIpc) is 3.34. The second kappa shape index (κ2) is 7.37. The van der Waals surface area contributed by atoms with E-state index in [1.807, 2.05) is 46.1 Å². The van der Waals surface area contributed by atoms with Crippen LogP contribution in [0.5, 0.6) is 0 Å². The molecule has 6 heteroatoms. The number of benzene rings is 1. The number of likely N-dealkylation sites (tertiary alicyclic amines) is 1. The normalized spacial score (nSPS) is 21.6. The van der Waals surface area contributed by atoms with E-state index in [0.29, 0.717) is 6.04 Å². The summed E-state index contributed by atoms with van der Waals surface area (Å²) in [5.41, 5.74) is 1.94. The zero-order chi connectivity index (χ0) is 17.1. The molecular weight excluding hydrogens is 314 g/mol. The van der Waals surface area contributed by atoms with Gasteiger partial charge in [-0.15, -0.1) is 0 Å². The molecule has 0 saturated carbocycles. The molecule has 2 saturated heterocycles. The quantitative estimate of drug-likeness (QED) is 0.905. The molecule has 1 amide bonds. The Morgan fingerprint density at radius 2 is 1.96 bits per heavy atom. The van der Waals surface area contributed by atoms with Crippen molar-refractivity contribution in [3.05, 3.63) is 53.9 Å². The summed E-state index contributed by atoms with van der Waals surface area (Å²) in [5.74, 6) is 0.156. The van der Waals surface area contributed by atoms with Gasteiger partial charge in [0.2, 0.25) is 0 Å². The predicted octanol–water partition coefficient (Wildman–Crippen LogP) is 1.05. The van der Waals surface area contributed by atoms with E-state index >= 15 is 0 Å². The summed E-state index contributed by atoms with van der Waals surface area (Å²) in [6.45, 7) is 6.75. The fourth-order valence-electron chi connectivity index (χ4n) is 3.79. The van der Waals surface area contributed by atoms with Crippen LogP contribution in [0.15, 0.2) is 42.7 Å². The molecule has 3 heterocycles. The molecule has 0 radical (unpaired) electrons. The van der Waals surface area contributed by atoms with Gasteiger partial charge in [-0.25, -0.2) is 0 Å². The number of hydrogen-bond donors (Lipinski definition) is 1. The van der Waals surface area contributed by atoms with Crippen molar-refractivity contribution >= 4 is 5.91 Å². The highest BCUT2D eigenvalue weighted by Gasteiger charge is 2.31. The molecule has 2 aliphatic rings. The van der Waals surface area contributed by atoms with E-state index < -0.39 is 0 Å². The zero-order valence-electron chi connectivity index (χ0n) is 14.5. The second-order valence-electron chi connectivity index (χ2n) is 6.88. The van der Waals surface area contributed by atoms with Crippen LogP contribution in [-0.4, -0.2) is 70.8 Å². The van der Waals surface area contributed by atoms with Gasteiger partial charge in [0.25, 0.3) is 5.91 Å². The minimum Gasteiger partial charge on any atom is -0.337 e. The Morgan fingerprint density at radius 1 is 1.16 bits per heavy atom.